The van der Waals surface area contributed by atoms with E-state index in [-0.39, 0.29) is 5.71 Å². The smallest absolute Gasteiger partial charge is 0.365 e. The minimum atomic E-state index is -0.471. The van der Waals surface area contributed by atoms with E-state index in [4.69, 9.17) is 4.74 Å². The molecule has 30 heavy (non-hydrogen) atoms. The number of ether oxygens (including phenoxy) is 1. The normalized spacial score (nSPS) is 14.2. The highest BCUT2D eigenvalue weighted by Gasteiger charge is 2.24. The third-order valence-corrected chi connectivity index (χ3v) is 5.60. The van der Waals surface area contributed by atoms with E-state index in [1.165, 1.54) is 31.0 Å². The lowest BCUT2D eigenvalue weighted by atomic mass is 10.1. The fourth-order valence-corrected chi connectivity index (χ4v) is 4.05. The van der Waals surface area contributed by atoms with Gasteiger partial charge in [-0.1, -0.05) is 24.3 Å². The van der Waals surface area contributed by atoms with Crippen molar-refractivity contribution in [3.63, 3.8) is 0 Å². The Hall–Kier alpha value is -3.41. The molecule has 0 unspecified atom stereocenters. The molecule has 1 aliphatic heterocycles. The number of anilines is 2. The van der Waals surface area contributed by atoms with Gasteiger partial charge in [-0.15, -0.1) is 0 Å². The van der Waals surface area contributed by atoms with Crippen molar-refractivity contribution in [3.8, 4) is 0 Å². The van der Waals surface area contributed by atoms with Gasteiger partial charge in [0, 0.05) is 48.7 Å². The highest BCUT2D eigenvalue weighted by molar-refractivity contribution is 6.42. The van der Waals surface area contributed by atoms with Crippen LogP contribution in [0.1, 0.15) is 18.5 Å². The number of fused-ring (bicyclic) bond motifs is 1. The SMILES string of the molecule is COC(=O)C(=NN(C)c1ccc(N2CCCC2)c2ccccc12)c1cccc[n+]1C. The van der Waals surface area contributed by atoms with Crippen molar-refractivity contribution in [1.82, 2.24) is 0 Å². The first-order valence-corrected chi connectivity index (χ1v) is 10.2. The van der Waals surface area contributed by atoms with E-state index < -0.39 is 5.97 Å². The summed E-state index contributed by atoms with van der Waals surface area (Å²) in [5.41, 5.74) is 3.14. The molecule has 3 aromatic rings. The lowest BCUT2D eigenvalue weighted by molar-refractivity contribution is -0.672. The number of carbonyl (C=O) groups is 1. The third kappa shape index (κ3) is 3.73. The van der Waals surface area contributed by atoms with Crippen molar-refractivity contribution in [2.24, 2.45) is 12.1 Å². The second-order valence-corrected chi connectivity index (χ2v) is 7.50. The van der Waals surface area contributed by atoms with E-state index in [1.807, 2.05) is 49.1 Å². The number of hydrazone groups is 1. The van der Waals surface area contributed by atoms with Crippen molar-refractivity contribution in [2.75, 3.05) is 37.2 Å². The number of hydrogen-bond donors (Lipinski definition) is 0. The molecule has 2 heterocycles. The summed E-state index contributed by atoms with van der Waals surface area (Å²) in [5, 5.41) is 8.73. The summed E-state index contributed by atoms with van der Waals surface area (Å²) in [6.45, 7) is 2.18. The molecule has 0 aliphatic carbocycles. The molecule has 0 saturated carbocycles. The average Bonchev–Trinajstić information content (AvgIpc) is 3.31. The first-order valence-electron chi connectivity index (χ1n) is 10.2. The third-order valence-electron chi connectivity index (χ3n) is 5.60. The summed E-state index contributed by atoms with van der Waals surface area (Å²) >= 11 is 0. The fourth-order valence-electron chi connectivity index (χ4n) is 4.05. The van der Waals surface area contributed by atoms with Gasteiger partial charge in [0.05, 0.1) is 12.8 Å². The van der Waals surface area contributed by atoms with Crippen LogP contribution in [0.4, 0.5) is 11.4 Å². The van der Waals surface area contributed by atoms with Gasteiger partial charge in [-0.05, 0) is 31.0 Å². The molecule has 1 saturated heterocycles. The number of esters is 1. The molecule has 154 valence electrons. The van der Waals surface area contributed by atoms with Crippen molar-refractivity contribution in [3.05, 3.63) is 66.5 Å². The van der Waals surface area contributed by atoms with Crippen molar-refractivity contribution >= 4 is 33.8 Å². The molecule has 0 amide bonds. The van der Waals surface area contributed by atoms with Crippen LogP contribution in [0.5, 0.6) is 0 Å². The summed E-state index contributed by atoms with van der Waals surface area (Å²) < 4.78 is 6.88. The molecule has 0 spiro atoms. The van der Waals surface area contributed by atoms with Crippen molar-refractivity contribution < 1.29 is 14.1 Å². The number of nitrogens with zero attached hydrogens (tertiary/aromatic N) is 4. The molecule has 0 bridgehead atoms. The van der Waals surface area contributed by atoms with E-state index >= 15 is 0 Å². The number of aromatic nitrogens is 1. The van der Waals surface area contributed by atoms with Gasteiger partial charge < -0.3 is 9.64 Å². The summed E-state index contributed by atoms with van der Waals surface area (Å²) in [5.74, 6) is -0.471. The van der Waals surface area contributed by atoms with E-state index in [0.717, 1.165) is 24.2 Å². The Morgan fingerprint density at radius 1 is 1.03 bits per heavy atom. The first kappa shape index (κ1) is 19.9. The lowest BCUT2D eigenvalue weighted by Crippen LogP contribution is -2.39. The number of aryl methyl sites for hydroxylation is 1. The lowest BCUT2D eigenvalue weighted by Gasteiger charge is -2.23. The maximum Gasteiger partial charge on any atom is 0.365 e. The number of methoxy groups -OCH3 is 1. The molecule has 1 aliphatic rings. The second-order valence-electron chi connectivity index (χ2n) is 7.50. The summed E-state index contributed by atoms with van der Waals surface area (Å²) in [7, 11) is 5.12. The largest absolute Gasteiger partial charge is 0.464 e. The molecule has 1 aromatic heterocycles. The molecule has 6 heteroatoms. The van der Waals surface area contributed by atoms with E-state index in [2.05, 4.69) is 40.3 Å². The zero-order chi connectivity index (χ0) is 21.1. The number of benzene rings is 2. The van der Waals surface area contributed by atoms with Gasteiger partial charge in [0.25, 0.3) is 0 Å². The van der Waals surface area contributed by atoms with Gasteiger partial charge in [-0.2, -0.15) is 9.67 Å². The molecule has 1 fully saturated rings. The Morgan fingerprint density at radius 2 is 1.73 bits per heavy atom. The van der Waals surface area contributed by atoms with E-state index in [9.17, 15) is 4.79 Å². The quantitative estimate of drug-likeness (QED) is 0.284. The van der Waals surface area contributed by atoms with Crippen molar-refractivity contribution in [2.45, 2.75) is 12.8 Å². The van der Waals surface area contributed by atoms with Crippen LogP contribution < -0.4 is 14.5 Å². The number of rotatable bonds is 5. The molecule has 4 rings (SSSR count). The molecular weight excluding hydrogens is 376 g/mol. The maximum absolute atomic E-state index is 12.5. The Bertz CT molecular complexity index is 1100. The highest BCUT2D eigenvalue weighted by atomic mass is 16.5. The standard InChI is InChI=1S/C24H27N4O2/c1-26-15-7-6-12-22(26)23(24(29)30-3)25-27(2)20-13-14-21(28-16-8-9-17-28)19-11-5-4-10-18(19)20/h4-7,10-15H,8-9,16-17H2,1-3H3/q+1. The predicted octanol–water partition coefficient (Wildman–Crippen LogP) is 3.28. The fraction of sp³-hybridized carbons (Fsp3) is 0.292. The zero-order valence-corrected chi connectivity index (χ0v) is 17.7. The molecular formula is C24H27N4O2+. The minimum absolute atomic E-state index is 0.260. The maximum atomic E-state index is 12.5. The van der Waals surface area contributed by atoms with Crippen LogP contribution in [-0.4, -0.2) is 38.9 Å². The Balaban J connectivity index is 1.80. The van der Waals surface area contributed by atoms with Gasteiger partial charge in [0.15, 0.2) is 6.20 Å². The number of pyridine rings is 1. The molecule has 6 nitrogen and oxygen atoms in total. The van der Waals surface area contributed by atoms with Crippen LogP contribution >= 0.6 is 0 Å². The zero-order valence-electron chi connectivity index (χ0n) is 17.7. The van der Waals surface area contributed by atoms with E-state index in [1.54, 1.807) is 5.01 Å². The van der Waals surface area contributed by atoms with Crippen LogP contribution in [0.25, 0.3) is 10.8 Å². The van der Waals surface area contributed by atoms with Gasteiger partial charge >= 0.3 is 5.97 Å². The van der Waals surface area contributed by atoms with Crippen molar-refractivity contribution in [1.29, 1.82) is 0 Å². The van der Waals surface area contributed by atoms with Gasteiger partial charge in [0.2, 0.25) is 11.4 Å². The predicted molar refractivity (Wildman–Crippen MR) is 120 cm³/mol. The average molecular weight is 404 g/mol. The Labute approximate surface area is 177 Å². The molecule has 0 atom stereocenters. The van der Waals surface area contributed by atoms with Crippen LogP contribution in [-0.2, 0) is 16.6 Å². The Morgan fingerprint density at radius 3 is 2.43 bits per heavy atom. The van der Waals surface area contributed by atoms with Gasteiger partial charge in [0.1, 0.15) is 7.05 Å². The topological polar surface area (TPSA) is 49.0 Å². The summed E-state index contributed by atoms with van der Waals surface area (Å²) in [6, 6.07) is 18.3. The number of hydrogen-bond acceptors (Lipinski definition) is 5. The van der Waals surface area contributed by atoms with Gasteiger partial charge in [-0.25, -0.2) is 4.79 Å². The summed E-state index contributed by atoms with van der Waals surface area (Å²) in [6.07, 6.45) is 4.35. The van der Waals surface area contributed by atoms with Gasteiger partial charge in [-0.3, -0.25) is 5.01 Å². The molecule has 0 radical (unpaired) electrons. The minimum Gasteiger partial charge on any atom is -0.464 e. The highest BCUT2D eigenvalue weighted by Crippen LogP contribution is 2.35. The Kier molecular flexibility index (Phi) is 5.65. The van der Waals surface area contributed by atoms with Crippen LogP contribution in [0.15, 0.2) is 65.9 Å². The van der Waals surface area contributed by atoms with Crippen LogP contribution in [0.3, 0.4) is 0 Å². The van der Waals surface area contributed by atoms with Crippen LogP contribution in [0.2, 0.25) is 0 Å². The first-order chi connectivity index (χ1) is 14.6. The monoisotopic (exact) mass is 403 g/mol. The molecule has 0 N–H and O–H groups in total. The molecule has 2 aromatic carbocycles. The van der Waals surface area contributed by atoms with Crippen LogP contribution in [0, 0.1) is 0 Å². The van der Waals surface area contributed by atoms with E-state index in [0.29, 0.717) is 5.69 Å². The summed E-state index contributed by atoms with van der Waals surface area (Å²) in [4.78, 5) is 15.0. The second kappa shape index (κ2) is 8.53. The number of carbonyl (C=O) groups excluding carboxylic acids is 1.